The van der Waals surface area contributed by atoms with Gasteiger partial charge in [0.05, 0.1) is 45.0 Å². The van der Waals surface area contributed by atoms with Gasteiger partial charge in [-0.2, -0.15) is 5.10 Å². The zero-order valence-electron chi connectivity index (χ0n) is 17.5. The predicted octanol–water partition coefficient (Wildman–Crippen LogP) is 3.75. The standard InChI is InChI=1S/C22H26N4O4/c1-25-19-10-4-8-16(19)18(24-25)14-26(13-15-7-6-12-30-15)22(27)23-17-9-5-11-20(28-2)21(17)29-3/h5-7,9,11-12H,4,8,10,13-14H2,1-3H3,(H,23,27). The van der Waals surface area contributed by atoms with Crippen molar-refractivity contribution in [3.8, 4) is 11.5 Å². The molecule has 2 amide bonds. The number of amides is 2. The second-order valence-electron chi connectivity index (χ2n) is 7.26. The minimum atomic E-state index is -0.268. The maximum atomic E-state index is 13.3. The Morgan fingerprint density at radius 3 is 2.80 bits per heavy atom. The number of urea groups is 1. The summed E-state index contributed by atoms with van der Waals surface area (Å²) in [5.74, 6) is 1.73. The van der Waals surface area contributed by atoms with Crippen LogP contribution in [0.15, 0.2) is 41.0 Å². The third kappa shape index (κ3) is 3.85. The number of hydrogen-bond acceptors (Lipinski definition) is 5. The number of carbonyl (C=O) groups is 1. The first kappa shape index (κ1) is 19.9. The van der Waals surface area contributed by atoms with E-state index < -0.39 is 0 Å². The van der Waals surface area contributed by atoms with Crippen molar-refractivity contribution in [3.63, 3.8) is 0 Å². The summed E-state index contributed by atoms with van der Waals surface area (Å²) in [5, 5.41) is 7.62. The van der Waals surface area contributed by atoms with Gasteiger partial charge in [-0.15, -0.1) is 0 Å². The van der Waals surface area contributed by atoms with Gasteiger partial charge in [0.15, 0.2) is 11.5 Å². The molecule has 0 bridgehead atoms. The Labute approximate surface area is 175 Å². The summed E-state index contributed by atoms with van der Waals surface area (Å²) < 4.78 is 18.2. The number of rotatable bonds is 7. The Bertz CT molecular complexity index is 1030. The molecule has 0 saturated heterocycles. The lowest BCUT2D eigenvalue weighted by molar-refractivity contribution is 0.200. The minimum Gasteiger partial charge on any atom is -0.493 e. The number of hydrogen-bond donors (Lipinski definition) is 1. The fourth-order valence-corrected chi connectivity index (χ4v) is 3.98. The summed E-state index contributed by atoms with van der Waals surface area (Å²) in [7, 11) is 5.07. The van der Waals surface area contributed by atoms with Gasteiger partial charge in [-0.05, 0) is 49.1 Å². The first-order chi connectivity index (χ1) is 14.6. The van der Waals surface area contributed by atoms with Gasteiger partial charge in [-0.25, -0.2) is 4.79 Å². The van der Waals surface area contributed by atoms with E-state index in [1.165, 1.54) is 11.3 Å². The highest BCUT2D eigenvalue weighted by atomic mass is 16.5. The summed E-state index contributed by atoms with van der Waals surface area (Å²) in [6, 6.07) is 8.77. The highest BCUT2D eigenvalue weighted by Gasteiger charge is 2.25. The molecule has 30 heavy (non-hydrogen) atoms. The molecular weight excluding hydrogens is 384 g/mol. The van der Waals surface area contributed by atoms with Gasteiger partial charge >= 0.3 is 6.03 Å². The molecule has 1 aliphatic carbocycles. The van der Waals surface area contributed by atoms with Crippen molar-refractivity contribution in [2.45, 2.75) is 32.4 Å². The molecule has 0 atom stereocenters. The molecule has 0 radical (unpaired) electrons. The monoisotopic (exact) mass is 410 g/mol. The summed E-state index contributed by atoms with van der Waals surface area (Å²) in [5.41, 5.74) is 3.99. The number of methoxy groups -OCH3 is 2. The molecule has 1 aliphatic rings. The maximum absolute atomic E-state index is 13.3. The average molecular weight is 410 g/mol. The van der Waals surface area contributed by atoms with Crippen molar-refractivity contribution >= 4 is 11.7 Å². The van der Waals surface area contributed by atoms with Gasteiger partial charge in [-0.3, -0.25) is 4.68 Å². The molecule has 0 spiro atoms. The van der Waals surface area contributed by atoms with Crippen LogP contribution in [0.3, 0.4) is 0 Å². The van der Waals surface area contributed by atoms with Crippen molar-refractivity contribution in [2.75, 3.05) is 19.5 Å². The molecule has 8 heteroatoms. The minimum absolute atomic E-state index is 0.268. The fourth-order valence-electron chi connectivity index (χ4n) is 3.98. The number of nitrogens with one attached hydrogen (secondary N) is 1. The van der Waals surface area contributed by atoms with Gasteiger partial charge in [0, 0.05) is 12.7 Å². The van der Waals surface area contributed by atoms with Crippen LogP contribution in [0, 0.1) is 0 Å². The Morgan fingerprint density at radius 1 is 1.20 bits per heavy atom. The summed E-state index contributed by atoms with van der Waals surface area (Å²) >= 11 is 0. The normalized spacial score (nSPS) is 12.5. The molecular formula is C22H26N4O4. The summed E-state index contributed by atoms with van der Waals surface area (Å²) in [4.78, 5) is 15.0. The number of carbonyl (C=O) groups excluding carboxylic acids is 1. The number of furan rings is 1. The van der Waals surface area contributed by atoms with Gasteiger partial charge in [-0.1, -0.05) is 6.07 Å². The van der Waals surface area contributed by atoms with Crippen LogP contribution in [-0.2, 0) is 33.0 Å². The van der Waals surface area contributed by atoms with Crippen molar-refractivity contribution in [1.82, 2.24) is 14.7 Å². The van der Waals surface area contributed by atoms with Crippen molar-refractivity contribution in [1.29, 1.82) is 0 Å². The van der Waals surface area contributed by atoms with Crippen LogP contribution in [0.2, 0.25) is 0 Å². The molecule has 0 aliphatic heterocycles. The molecule has 158 valence electrons. The number of nitrogens with zero attached hydrogens (tertiary/aromatic N) is 3. The SMILES string of the molecule is COc1cccc(NC(=O)N(Cc2ccco2)Cc2nn(C)c3c2CCC3)c1OC. The Hall–Kier alpha value is -3.42. The van der Waals surface area contributed by atoms with E-state index in [1.54, 1.807) is 43.6 Å². The Morgan fingerprint density at radius 2 is 2.07 bits per heavy atom. The number of para-hydroxylation sites is 1. The number of aryl methyl sites for hydroxylation is 1. The molecule has 2 heterocycles. The maximum Gasteiger partial charge on any atom is 0.322 e. The smallest absolute Gasteiger partial charge is 0.322 e. The Balaban J connectivity index is 1.60. The molecule has 1 aromatic carbocycles. The van der Waals surface area contributed by atoms with E-state index in [9.17, 15) is 4.79 Å². The zero-order chi connectivity index (χ0) is 21.1. The van der Waals surface area contributed by atoms with Crippen LogP contribution in [0.25, 0.3) is 0 Å². The second kappa shape index (κ2) is 8.52. The molecule has 1 N–H and O–H groups in total. The zero-order valence-corrected chi connectivity index (χ0v) is 17.5. The highest BCUT2D eigenvalue weighted by Crippen LogP contribution is 2.35. The van der Waals surface area contributed by atoms with E-state index in [1.807, 2.05) is 23.9 Å². The highest BCUT2D eigenvalue weighted by molar-refractivity contribution is 5.91. The van der Waals surface area contributed by atoms with Crippen LogP contribution in [0.5, 0.6) is 11.5 Å². The fraction of sp³-hybridized carbons (Fsp3) is 0.364. The number of ether oxygens (including phenoxy) is 2. The van der Waals surface area contributed by atoms with Gasteiger partial charge in [0.2, 0.25) is 0 Å². The number of anilines is 1. The van der Waals surface area contributed by atoms with E-state index in [-0.39, 0.29) is 6.03 Å². The molecule has 3 aromatic rings. The molecule has 0 fully saturated rings. The summed E-state index contributed by atoms with van der Waals surface area (Å²) in [6.07, 6.45) is 4.76. The quantitative estimate of drug-likeness (QED) is 0.641. The lowest BCUT2D eigenvalue weighted by Crippen LogP contribution is -2.34. The number of aromatic nitrogens is 2. The van der Waals surface area contributed by atoms with Crippen LogP contribution >= 0.6 is 0 Å². The van der Waals surface area contributed by atoms with Crippen LogP contribution in [0.1, 0.15) is 29.1 Å². The van der Waals surface area contributed by atoms with Crippen molar-refractivity contribution < 1.29 is 18.7 Å². The van der Waals surface area contributed by atoms with E-state index in [0.717, 1.165) is 25.0 Å². The predicted molar refractivity (Wildman–Crippen MR) is 112 cm³/mol. The van der Waals surface area contributed by atoms with Crippen molar-refractivity contribution in [2.24, 2.45) is 7.05 Å². The first-order valence-electron chi connectivity index (χ1n) is 9.93. The summed E-state index contributed by atoms with van der Waals surface area (Å²) in [6.45, 7) is 0.721. The lowest BCUT2D eigenvalue weighted by atomic mass is 10.2. The second-order valence-corrected chi connectivity index (χ2v) is 7.26. The van der Waals surface area contributed by atoms with Crippen molar-refractivity contribution in [3.05, 3.63) is 59.3 Å². The van der Waals surface area contributed by atoms with Crippen LogP contribution < -0.4 is 14.8 Å². The Kier molecular flexibility index (Phi) is 5.65. The van der Waals surface area contributed by atoms with E-state index in [4.69, 9.17) is 13.9 Å². The third-order valence-corrected chi connectivity index (χ3v) is 5.40. The first-order valence-corrected chi connectivity index (χ1v) is 9.93. The van der Waals surface area contributed by atoms with E-state index >= 15 is 0 Å². The third-order valence-electron chi connectivity index (χ3n) is 5.40. The molecule has 2 aromatic heterocycles. The lowest BCUT2D eigenvalue weighted by Gasteiger charge is -2.23. The topological polar surface area (TPSA) is 81.8 Å². The number of fused-ring (bicyclic) bond motifs is 1. The van der Waals surface area contributed by atoms with E-state index in [0.29, 0.717) is 36.0 Å². The van der Waals surface area contributed by atoms with Gasteiger partial charge < -0.3 is 24.1 Å². The molecule has 4 rings (SSSR count). The molecule has 8 nitrogen and oxygen atoms in total. The van der Waals surface area contributed by atoms with Crippen LogP contribution in [0.4, 0.5) is 10.5 Å². The van der Waals surface area contributed by atoms with Gasteiger partial charge in [0.1, 0.15) is 5.76 Å². The van der Waals surface area contributed by atoms with Gasteiger partial charge in [0.25, 0.3) is 0 Å². The molecule has 0 unspecified atom stereocenters. The number of benzene rings is 1. The average Bonchev–Trinajstić information content (AvgIpc) is 3.48. The largest absolute Gasteiger partial charge is 0.493 e. The van der Waals surface area contributed by atoms with Crippen LogP contribution in [-0.4, -0.2) is 34.9 Å². The van der Waals surface area contributed by atoms with E-state index in [2.05, 4.69) is 10.4 Å². The molecule has 0 saturated carbocycles.